The second kappa shape index (κ2) is 7.97. The fourth-order valence-electron chi connectivity index (χ4n) is 5.36. The first-order chi connectivity index (χ1) is 15.3. The normalized spacial score (nSPS) is 23.6. The molecule has 2 aliphatic carbocycles. The summed E-state index contributed by atoms with van der Waals surface area (Å²) in [7, 11) is -3.79. The Kier molecular flexibility index (Phi) is 5.38. The lowest BCUT2D eigenvalue weighted by Crippen LogP contribution is -2.44. The topological polar surface area (TPSA) is 112 Å². The van der Waals surface area contributed by atoms with Crippen LogP contribution in [0.15, 0.2) is 40.2 Å². The zero-order valence-electron chi connectivity index (χ0n) is 18.0. The van der Waals surface area contributed by atoms with Crippen molar-refractivity contribution in [1.82, 2.24) is 8.87 Å². The van der Waals surface area contributed by atoms with Crippen LogP contribution in [0.3, 0.4) is 0 Å². The molecule has 3 aliphatic rings. The van der Waals surface area contributed by atoms with Gasteiger partial charge in [-0.3, -0.25) is 14.2 Å². The van der Waals surface area contributed by atoms with E-state index in [0.29, 0.717) is 18.4 Å². The van der Waals surface area contributed by atoms with Gasteiger partial charge in [-0.2, -0.15) is 4.31 Å². The molecule has 0 amide bonds. The molecule has 5 rings (SSSR count). The molecule has 0 radical (unpaired) electrons. The van der Waals surface area contributed by atoms with Crippen molar-refractivity contribution in [2.24, 2.45) is 11.7 Å². The van der Waals surface area contributed by atoms with Gasteiger partial charge in [0.25, 0.3) is 5.56 Å². The Balaban J connectivity index is 1.43. The van der Waals surface area contributed by atoms with Gasteiger partial charge in [-0.15, -0.1) is 0 Å². The van der Waals surface area contributed by atoms with E-state index in [1.807, 2.05) is 0 Å². The third-order valence-electron chi connectivity index (χ3n) is 7.42. The second-order valence-corrected chi connectivity index (χ2v) is 11.1. The molecule has 3 fully saturated rings. The Morgan fingerprint density at radius 3 is 2.56 bits per heavy atom. The summed E-state index contributed by atoms with van der Waals surface area (Å²) in [6.07, 6.45) is 8.54. The molecule has 9 heteroatoms. The lowest BCUT2D eigenvalue weighted by atomic mass is 9.89. The molecule has 1 spiro atoms. The van der Waals surface area contributed by atoms with Crippen molar-refractivity contribution in [1.29, 1.82) is 0 Å². The molecule has 2 saturated carbocycles. The SMILES string of the molecule is NC1CCN(S(=O)(=O)c2cccc3c(=O)n(COC(=O)C4CCCCC4)ccc23)C12CC2. The molecule has 2 N–H and O–H groups in total. The number of carbonyl (C=O) groups is 1. The summed E-state index contributed by atoms with van der Waals surface area (Å²) in [6, 6.07) is 6.21. The fraction of sp³-hybridized carbons (Fsp3) is 0.565. The Hall–Kier alpha value is -2.23. The van der Waals surface area contributed by atoms with Crippen molar-refractivity contribution in [3.8, 4) is 0 Å². The highest BCUT2D eigenvalue weighted by Crippen LogP contribution is 2.51. The first-order valence-electron chi connectivity index (χ1n) is 11.4. The number of esters is 1. The van der Waals surface area contributed by atoms with Gasteiger partial charge in [0.05, 0.1) is 16.4 Å². The van der Waals surface area contributed by atoms with Crippen LogP contribution in [-0.2, 0) is 26.3 Å². The van der Waals surface area contributed by atoms with Crippen molar-refractivity contribution >= 4 is 26.8 Å². The molecule has 172 valence electrons. The van der Waals surface area contributed by atoms with E-state index in [-0.39, 0.29) is 40.5 Å². The smallest absolute Gasteiger partial charge is 0.310 e. The summed E-state index contributed by atoms with van der Waals surface area (Å²) in [5.74, 6) is -0.369. The number of aromatic nitrogens is 1. The van der Waals surface area contributed by atoms with Gasteiger partial charge in [0.1, 0.15) is 0 Å². The average molecular weight is 460 g/mol. The quantitative estimate of drug-likeness (QED) is 0.687. The predicted octanol–water partition coefficient (Wildman–Crippen LogP) is 2.34. The maximum Gasteiger partial charge on any atom is 0.310 e. The van der Waals surface area contributed by atoms with E-state index in [9.17, 15) is 18.0 Å². The van der Waals surface area contributed by atoms with Gasteiger partial charge in [-0.1, -0.05) is 25.3 Å². The number of hydrogen-bond acceptors (Lipinski definition) is 6. The number of sulfonamides is 1. The van der Waals surface area contributed by atoms with Crippen LogP contribution >= 0.6 is 0 Å². The molecule has 0 bridgehead atoms. The van der Waals surface area contributed by atoms with E-state index in [4.69, 9.17) is 10.5 Å². The van der Waals surface area contributed by atoms with Crippen LogP contribution in [0, 0.1) is 5.92 Å². The highest BCUT2D eigenvalue weighted by molar-refractivity contribution is 7.89. The number of benzene rings is 1. The molecular formula is C23H29N3O5S. The lowest BCUT2D eigenvalue weighted by molar-refractivity contribution is -0.153. The molecule has 1 saturated heterocycles. The zero-order chi connectivity index (χ0) is 22.5. The van der Waals surface area contributed by atoms with Gasteiger partial charge >= 0.3 is 5.97 Å². The number of nitrogens with zero attached hydrogens (tertiary/aromatic N) is 2. The van der Waals surface area contributed by atoms with Gasteiger partial charge in [0.2, 0.25) is 10.0 Å². The molecule has 2 heterocycles. The summed E-state index contributed by atoms with van der Waals surface area (Å²) < 4.78 is 35.3. The van der Waals surface area contributed by atoms with E-state index in [1.54, 1.807) is 24.3 Å². The van der Waals surface area contributed by atoms with E-state index in [0.717, 1.165) is 44.9 Å². The van der Waals surface area contributed by atoms with Crippen molar-refractivity contribution in [3.63, 3.8) is 0 Å². The van der Waals surface area contributed by atoms with E-state index in [1.165, 1.54) is 15.1 Å². The van der Waals surface area contributed by atoms with Crippen LogP contribution in [0.4, 0.5) is 0 Å². The molecule has 1 unspecified atom stereocenters. The monoisotopic (exact) mass is 459 g/mol. The molecule has 8 nitrogen and oxygen atoms in total. The van der Waals surface area contributed by atoms with Crippen molar-refractivity contribution in [3.05, 3.63) is 40.8 Å². The second-order valence-electron chi connectivity index (χ2n) is 9.31. The zero-order valence-corrected chi connectivity index (χ0v) is 18.9. The van der Waals surface area contributed by atoms with Crippen LogP contribution in [-0.4, -0.2) is 41.4 Å². The van der Waals surface area contributed by atoms with Gasteiger partial charge in [-0.05, 0) is 50.3 Å². The number of rotatable bonds is 5. The van der Waals surface area contributed by atoms with Gasteiger partial charge < -0.3 is 10.5 Å². The van der Waals surface area contributed by atoms with Crippen LogP contribution in [0.25, 0.3) is 10.8 Å². The summed E-state index contributed by atoms with van der Waals surface area (Å²) in [5.41, 5.74) is 5.36. The number of fused-ring (bicyclic) bond motifs is 1. The largest absolute Gasteiger partial charge is 0.444 e. The van der Waals surface area contributed by atoms with Crippen LogP contribution in [0.2, 0.25) is 0 Å². The highest BCUT2D eigenvalue weighted by atomic mass is 32.2. The molecule has 1 aromatic heterocycles. The average Bonchev–Trinajstić information content (AvgIpc) is 3.53. The van der Waals surface area contributed by atoms with E-state index in [2.05, 4.69) is 0 Å². The van der Waals surface area contributed by atoms with Crippen LogP contribution in [0.1, 0.15) is 51.4 Å². The Morgan fingerprint density at radius 1 is 1.09 bits per heavy atom. The highest BCUT2D eigenvalue weighted by Gasteiger charge is 2.60. The van der Waals surface area contributed by atoms with E-state index >= 15 is 0 Å². The number of carbonyl (C=O) groups excluding carboxylic acids is 1. The third kappa shape index (κ3) is 3.47. The number of hydrogen-bond donors (Lipinski definition) is 1. The van der Waals surface area contributed by atoms with E-state index < -0.39 is 15.6 Å². The molecule has 32 heavy (non-hydrogen) atoms. The van der Waals surface area contributed by atoms with Gasteiger partial charge in [-0.25, -0.2) is 8.42 Å². The predicted molar refractivity (Wildman–Crippen MR) is 119 cm³/mol. The Bertz CT molecular complexity index is 1210. The summed E-state index contributed by atoms with van der Waals surface area (Å²) in [6.45, 7) is 0.221. The molecule has 1 aromatic carbocycles. The van der Waals surface area contributed by atoms with Crippen LogP contribution in [0.5, 0.6) is 0 Å². The first-order valence-corrected chi connectivity index (χ1v) is 12.9. The molecular weight excluding hydrogens is 430 g/mol. The van der Waals surface area contributed by atoms with Gasteiger partial charge in [0.15, 0.2) is 6.73 Å². The van der Waals surface area contributed by atoms with Crippen molar-refractivity contribution in [2.75, 3.05) is 6.54 Å². The summed E-state index contributed by atoms with van der Waals surface area (Å²) in [5, 5.41) is 0.666. The first kappa shape index (κ1) is 21.6. The molecule has 1 atom stereocenters. The fourth-order valence-corrected chi connectivity index (χ4v) is 7.45. The molecule has 1 aliphatic heterocycles. The Labute approximate surface area is 187 Å². The number of ether oxygens (including phenoxy) is 1. The summed E-state index contributed by atoms with van der Waals surface area (Å²) in [4.78, 5) is 25.5. The van der Waals surface area contributed by atoms with Crippen molar-refractivity contribution < 1.29 is 17.9 Å². The van der Waals surface area contributed by atoms with Gasteiger partial charge in [0, 0.05) is 29.6 Å². The molecule has 2 aromatic rings. The van der Waals surface area contributed by atoms with Crippen molar-refractivity contribution in [2.45, 2.75) is 74.6 Å². The minimum Gasteiger partial charge on any atom is -0.444 e. The summed E-state index contributed by atoms with van der Waals surface area (Å²) >= 11 is 0. The standard InChI is InChI=1S/C23H29N3O5S/c24-20-10-14-26(23(20)11-12-23)32(29,30)19-8-4-7-18-17(19)9-13-25(21(18)27)15-31-22(28)16-5-2-1-3-6-16/h4,7-9,13,16,20H,1-3,5-6,10-12,14-15,24H2. The number of nitrogens with two attached hydrogens (primary N) is 1. The van der Waals surface area contributed by atoms with Crippen LogP contribution < -0.4 is 11.3 Å². The Morgan fingerprint density at radius 2 is 1.84 bits per heavy atom. The minimum absolute atomic E-state index is 0.0989. The third-order valence-corrected chi connectivity index (χ3v) is 9.46. The maximum absolute atomic E-state index is 13.5. The maximum atomic E-state index is 13.5. The number of pyridine rings is 1. The lowest BCUT2D eigenvalue weighted by Gasteiger charge is -2.26. The minimum atomic E-state index is -3.79.